The van der Waals surface area contributed by atoms with Gasteiger partial charge in [0.05, 0.1) is 6.07 Å². The fourth-order valence-electron chi connectivity index (χ4n) is 2.01. The number of rotatable bonds is 3. The minimum absolute atomic E-state index is 0.259. The summed E-state index contributed by atoms with van der Waals surface area (Å²) in [6, 6.07) is 2.34. The number of hydrogen-bond donors (Lipinski definition) is 1. The summed E-state index contributed by atoms with van der Waals surface area (Å²) in [5, 5.41) is 12.2. The van der Waals surface area contributed by atoms with Crippen molar-refractivity contribution < 1.29 is 0 Å². The molecule has 1 fully saturated rings. The Morgan fingerprint density at radius 1 is 1.57 bits per heavy atom. The van der Waals surface area contributed by atoms with E-state index in [0.29, 0.717) is 0 Å². The molecular formula is C11H21N3. The van der Waals surface area contributed by atoms with E-state index in [2.05, 4.69) is 30.1 Å². The summed E-state index contributed by atoms with van der Waals surface area (Å²) in [6.45, 7) is 8.40. The van der Waals surface area contributed by atoms with Gasteiger partial charge < -0.3 is 5.32 Å². The first kappa shape index (κ1) is 11.5. The number of nitrogens with zero attached hydrogens (tertiary/aromatic N) is 2. The summed E-state index contributed by atoms with van der Waals surface area (Å²) in [6.07, 6.45) is 2.48. The minimum Gasteiger partial charge on any atom is -0.302 e. The molecule has 0 aromatic rings. The molecule has 3 heteroatoms. The van der Waals surface area contributed by atoms with Crippen LogP contribution in [0.4, 0.5) is 0 Å². The highest BCUT2D eigenvalue weighted by atomic mass is 15.2. The fourth-order valence-corrected chi connectivity index (χ4v) is 2.01. The predicted octanol–water partition coefficient (Wildman–Crippen LogP) is 1.36. The summed E-state index contributed by atoms with van der Waals surface area (Å²) in [7, 11) is 1.85. The van der Waals surface area contributed by atoms with Crippen molar-refractivity contribution in [3.8, 4) is 6.07 Å². The average Bonchev–Trinajstić information content (AvgIpc) is 2.46. The van der Waals surface area contributed by atoms with Gasteiger partial charge in [0.25, 0.3) is 0 Å². The summed E-state index contributed by atoms with van der Waals surface area (Å²) < 4.78 is 0. The lowest BCUT2D eigenvalue weighted by atomic mass is 9.98. The van der Waals surface area contributed by atoms with Gasteiger partial charge >= 0.3 is 0 Å². The van der Waals surface area contributed by atoms with Gasteiger partial charge in [-0.25, -0.2) is 0 Å². The van der Waals surface area contributed by atoms with Gasteiger partial charge in [0.15, 0.2) is 0 Å². The number of hydrogen-bond acceptors (Lipinski definition) is 3. The van der Waals surface area contributed by atoms with E-state index >= 15 is 0 Å². The number of likely N-dealkylation sites (N-methyl/N-ethyl adjacent to an activating group) is 1. The third kappa shape index (κ3) is 2.26. The molecule has 1 heterocycles. The zero-order valence-corrected chi connectivity index (χ0v) is 9.72. The molecule has 0 saturated carbocycles. The minimum atomic E-state index is -0.415. The Labute approximate surface area is 87.1 Å². The van der Waals surface area contributed by atoms with Gasteiger partial charge in [0.2, 0.25) is 0 Å². The predicted molar refractivity (Wildman–Crippen MR) is 58.0 cm³/mol. The lowest BCUT2D eigenvalue weighted by Crippen LogP contribution is -2.52. The normalized spacial score (nSPS) is 25.6. The van der Waals surface area contributed by atoms with E-state index in [1.54, 1.807) is 0 Å². The van der Waals surface area contributed by atoms with Crippen LogP contribution >= 0.6 is 0 Å². The highest BCUT2D eigenvalue weighted by molar-refractivity contribution is 5.07. The zero-order valence-electron chi connectivity index (χ0n) is 9.72. The highest BCUT2D eigenvalue weighted by Gasteiger charge is 2.36. The second-order valence-corrected chi connectivity index (χ2v) is 5.03. The maximum atomic E-state index is 9.08. The third-order valence-corrected chi connectivity index (χ3v) is 3.38. The van der Waals surface area contributed by atoms with Crippen LogP contribution in [0, 0.1) is 11.3 Å². The molecule has 0 spiro atoms. The van der Waals surface area contributed by atoms with E-state index < -0.39 is 5.54 Å². The molecule has 1 aliphatic rings. The van der Waals surface area contributed by atoms with Crippen LogP contribution in [0.25, 0.3) is 0 Å². The van der Waals surface area contributed by atoms with Crippen LogP contribution in [0.3, 0.4) is 0 Å². The fraction of sp³-hybridized carbons (Fsp3) is 0.909. The second-order valence-electron chi connectivity index (χ2n) is 5.03. The number of nitriles is 1. The van der Waals surface area contributed by atoms with Gasteiger partial charge in [0, 0.05) is 12.1 Å². The van der Waals surface area contributed by atoms with Gasteiger partial charge in [-0.3, -0.25) is 4.90 Å². The summed E-state index contributed by atoms with van der Waals surface area (Å²) >= 11 is 0. The zero-order chi connectivity index (χ0) is 10.8. The highest BCUT2D eigenvalue weighted by Crippen LogP contribution is 2.29. The Morgan fingerprint density at radius 2 is 2.21 bits per heavy atom. The van der Waals surface area contributed by atoms with E-state index in [1.165, 1.54) is 12.8 Å². The Balaban J connectivity index is 2.65. The van der Waals surface area contributed by atoms with Crippen LogP contribution in [0.1, 0.15) is 33.6 Å². The molecule has 1 N–H and O–H groups in total. The van der Waals surface area contributed by atoms with E-state index in [4.69, 9.17) is 5.26 Å². The van der Waals surface area contributed by atoms with Crippen molar-refractivity contribution in [3.63, 3.8) is 0 Å². The van der Waals surface area contributed by atoms with Crippen LogP contribution in [0.15, 0.2) is 0 Å². The first-order valence-electron chi connectivity index (χ1n) is 5.29. The maximum Gasteiger partial charge on any atom is 0.116 e. The van der Waals surface area contributed by atoms with Crippen molar-refractivity contribution >= 4 is 0 Å². The van der Waals surface area contributed by atoms with E-state index in [-0.39, 0.29) is 5.54 Å². The molecule has 0 aromatic heterocycles. The third-order valence-electron chi connectivity index (χ3n) is 3.38. The first-order chi connectivity index (χ1) is 6.43. The van der Waals surface area contributed by atoms with Gasteiger partial charge in [-0.15, -0.1) is 0 Å². The Hall–Kier alpha value is -0.590. The first-order valence-corrected chi connectivity index (χ1v) is 5.29. The Bertz CT molecular complexity index is 241. The molecule has 0 radical (unpaired) electrons. The molecule has 3 nitrogen and oxygen atoms in total. The van der Waals surface area contributed by atoms with E-state index in [9.17, 15) is 0 Å². The van der Waals surface area contributed by atoms with Crippen molar-refractivity contribution in [2.24, 2.45) is 0 Å². The molecule has 1 unspecified atom stereocenters. The lowest BCUT2D eigenvalue weighted by molar-refractivity contribution is 0.145. The molecule has 1 rings (SSSR count). The topological polar surface area (TPSA) is 39.1 Å². The average molecular weight is 195 g/mol. The second kappa shape index (κ2) is 3.88. The van der Waals surface area contributed by atoms with Crippen LogP contribution in [-0.4, -0.2) is 36.1 Å². The standard InChI is InChI=1S/C11H21N3/c1-10(2)6-5-7-14(10)9-11(3,8-12)13-4/h13H,5-7,9H2,1-4H3. The molecule has 0 aromatic carbocycles. The summed E-state index contributed by atoms with van der Waals surface area (Å²) in [5.74, 6) is 0. The maximum absolute atomic E-state index is 9.08. The molecule has 14 heavy (non-hydrogen) atoms. The summed E-state index contributed by atoms with van der Waals surface area (Å²) in [5.41, 5.74) is -0.156. The largest absolute Gasteiger partial charge is 0.302 e. The Kier molecular flexibility index (Phi) is 3.18. The molecule has 1 aliphatic heterocycles. The van der Waals surface area contributed by atoms with Gasteiger partial charge in [-0.05, 0) is 47.2 Å². The van der Waals surface area contributed by atoms with Crippen molar-refractivity contribution in [1.29, 1.82) is 5.26 Å². The molecule has 1 atom stereocenters. The van der Waals surface area contributed by atoms with Crippen molar-refractivity contribution in [2.75, 3.05) is 20.1 Å². The van der Waals surface area contributed by atoms with Crippen molar-refractivity contribution in [2.45, 2.75) is 44.7 Å². The molecule has 80 valence electrons. The van der Waals surface area contributed by atoms with Crippen LogP contribution in [-0.2, 0) is 0 Å². The molecular weight excluding hydrogens is 174 g/mol. The monoisotopic (exact) mass is 195 g/mol. The van der Waals surface area contributed by atoms with Crippen molar-refractivity contribution in [3.05, 3.63) is 0 Å². The molecule has 1 saturated heterocycles. The van der Waals surface area contributed by atoms with E-state index in [1.807, 2.05) is 14.0 Å². The molecule has 0 bridgehead atoms. The quantitative estimate of drug-likeness (QED) is 0.739. The van der Waals surface area contributed by atoms with Gasteiger partial charge in [-0.1, -0.05) is 0 Å². The van der Waals surface area contributed by atoms with E-state index in [0.717, 1.165) is 13.1 Å². The molecule has 0 aliphatic carbocycles. The smallest absolute Gasteiger partial charge is 0.116 e. The number of likely N-dealkylation sites (tertiary alicyclic amines) is 1. The van der Waals surface area contributed by atoms with Crippen molar-refractivity contribution in [1.82, 2.24) is 10.2 Å². The van der Waals surface area contributed by atoms with Gasteiger partial charge in [0.1, 0.15) is 5.54 Å². The Morgan fingerprint density at radius 3 is 2.57 bits per heavy atom. The number of nitrogens with one attached hydrogen (secondary N) is 1. The van der Waals surface area contributed by atoms with Gasteiger partial charge in [-0.2, -0.15) is 5.26 Å². The summed E-state index contributed by atoms with van der Waals surface area (Å²) in [4.78, 5) is 2.41. The van der Waals surface area contributed by atoms with Crippen LogP contribution < -0.4 is 5.32 Å². The lowest BCUT2D eigenvalue weighted by Gasteiger charge is -2.36. The SMILES string of the molecule is CNC(C)(C#N)CN1CCCC1(C)C. The molecule has 0 amide bonds. The van der Waals surface area contributed by atoms with Crippen LogP contribution in [0.5, 0.6) is 0 Å². The van der Waals surface area contributed by atoms with Crippen LogP contribution in [0.2, 0.25) is 0 Å².